The highest BCUT2D eigenvalue weighted by Crippen LogP contribution is 2.18. The third kappa shape index (κ3) is 3.91. The molecule has 1 heterocycles. The van der Waals surface area contributed by atoms with Gasteiger partial charge < -0.3 is 10.1 Å². The van der Waals surface area contributed by atoms with Crippen LogP contribution in [-0.2, 0) is 19.1 Å². The molecule has 1 atom stereocenters. The predicted molar refractivity (Wildman–Crippen MR) is 80.2 cm³/mol. The molecular formula is C15H17N3O4. The van der Waals surface area contributed by atoms with Crippen LogP contribution in [0.15, 0.2) is 29.4 Å². The number of hydrogen-bond donors (Lipinski definition) is 2. The first kappa shape index (κ1) is 15.7. The Morgan fingerprint density at radius 3 is 2.64 bits per heavy atom. The van der Waals surface area contributed by atoms with Crippen molar-refractivity contribution in [3.63, 3.8) is 0 Å². The van der Waals surface area contributed by atoms with Gasteiger partial charge in [-0.2, -0.15) is 5.10 Å². The van der Waals surface area contributed by atoms with E-state index in [2.05, 4.69) is 20.6 Å². The zero-order valence-corrected chi connectivity index (χ0v) is 12.4. The van der Waals surface area contributed by atoms with Gasteiger partial charge in [0, 0.05) is 18.0 Å². The van der Waals surface area contributed by atoms with E-state index in [1.807, 2.05) is 6.92 Å². The molecule has 7 nitrogen and oxygen atoms in total. The summed E-state index contributed by atoms with van der Waals surface area (Å²) in [5, 5.41) is 6.68. The summed E-state index contributed by atoms with van der Waals surface area (Å²) in [4.78, 5) is 33.8. The third-order valence-electron chi connectivity index (χ3n) is 3.26. The number of carbonyl (C=O) groups excluding carboxylic acids is 3. The van der Waals surface area contributed by atoms with E-state index in [0.29, 0.717) is 12.1 Å². The van der Waals surface area contributed by atoms with Crippen LogP contribution in [-0.4, -0.2) is 30.6 Å². The van der Waals surface area contributed by atoms with Crippen molar-refractivity contribution < 1.29 is 19.1 Å². The van der Waals surface area contributed by atoms with Gasteiger partial charge in [-0.05, 0) is 17.7 Å². The summed E-state index contributed by atoms with van der Waals surface area (Å²) in [7, 11) is 1.23. The summed E-state index contributed by atoms with van der Waals surface area (Å²) in [5.74, 6) is -1.08. The Balaban J connectivity index is 2.03. The molecule has 2 amide bonds. The minimum Gasteiger partial charge on any atom is -0.469 e. The highest BCUT2D eigenvalue weighted by atomic mass is 16.5. The third-order valence-corrected chi connectivity index (χ3v) is 3.26. The quantitative estimate of drug-likeness (QED) is 0.641. The Kier molecular flexibility index (Phi) is 4.88. The minimum atomic E-state index is -0.588. The standard InChI is InChI=1S/C15H17N3O4/c1-9-7-13(20)17-18-15(9)10-3-5-11(6-4-10)16-12(19)8-14(21)22-2/h3-6,9H,7-8H2,1-2H3,(H,16,19)(H,17,20). The number of amides is 2. The van der Waals surface area contributed by atoms with E-state index in [4.69, 9.17) is 0 Å². The van der Waals surface area contributed by atoms with Gasteiger partial charge in [0.25, 0.3) is 0 Å². The zero-order valence-electron chi connectivity index (χ0n) is 12.4. The highest BCUT2D eigenvalue weighted by Gasteiger charge is 2.21. The fraction of sp³-hybridized carbons (Fsp3) is 0.333. The maximum atomic E-state index is 11.6. The molecule has 2 rings (SSSR count). The van der Waals surface area contributed by atoms with Gasteiger partial charge in [-0.15, -0.1) is 0 Å². The van der Waals surface area contributed by atoms with Crippen molar-refractivity contribution in [3.8, 4) is 0 Å². The average molecular weight is 303 g/mol. The number of nitrogens with zero attached hydrogens (tertiary/aromatic N) is 1. The summed E-state index contributed by atoms with van der Waals surface area (Å²) >= 11 is 0. The molecule has 22 heavy (non-hydrogen) atoms. The SMILES string of the molecule is COC(=O)CC(=O)Nc1ccc(C2=NNC(=O)CC2C)cc1. The van der Waals surface area contributed by atoms with Gasteiger partial charge in [-0.3, -0.25) is 14.4 Å². The van der Waals surface area contributed by atoms with Crippen molar-refractivity contribution in [2.75, 3.05) is 12.4 Å². The summed E-state index contributed by atoms with van der Waals surface area (Å²) in [6.07, 6.45) is 0.0739. The predicted octanol–water partition coefficient (Wildman–Crippen LogP) is 1.05. The molecule has 1 aromatic rings. The van der Waals surface area contributed by atoms with Crippen LogP contribution in [0.3, 0.4) is 0 Å². The molecule has 7 heteroatoms. The molecule has 1 aromatic carbocycles. The van der Waals surface area contributed by atoms with E-state index in [1.54, 1.807) is 24.3 Å². The normalized spacial score (nSPS) is 17.3. The molecule has 0 saturated heterocycles. The molecule has 1 unspecified atom stereocenters. The first-order valence-electron chi connectivity index (χ1n) is 6.83. The maximum absolute atomic E-state index is 11.6. The van der Waals surface area contributed by atoms with Crippen LogP contribution >= 0.6 is 0 Å². The van der Waals surface area contributed by atoms with E-state index < -0.39 is 11.9 Å². The Morgan fingerprint density at radius 2 is 2.05 bits per heavy atom. The van der Waals surface area contributed by atoms with Gasteiger partial charge in [-0.1, -0.05) is 19.1 Å². The molecule has 0 radical (unpaired) electrons. The maximum Gasteiger partial charge on any atom is 0.315 e. The summed E-state index contributed by atoms with van der Waals surface area (Å²) < 4.78 is 4.43. The van der Waals surface area contributed by atoms with Crippen LogP contribution < -0.4 is 10.7 Å². The van der Waals surface area contributed by atoms with Crippen LogP contribution in [0.2, 0.25) is 0 Å². The van der Waals surface area contributed by atoms with Crippen LogP contribution in [0.1, 0.15) is 25.3 Å². The van der Waals surface area contributed by atoms with Crippen LogP contribution in [0.5, 0.6) is 0 Å². The second-order valence-corrected chi connectivity index (χ2v) is 5.02. The molecule has 2 N–H and O–H groups in total. The number of benzene rings is 1. The first-order chi connectivity index (χ1) is 10.5. The number of rotatable bonds is 4. The average Bonchev–Trinajstić information content (AvgIpc) is 2.48. The number of hydrogen-bond acceptors (Lipinski definition) is 5. The van der Waals surface area contributed by atoms with Crippen LogP contribution in [0.25, 0.3) is 0 Å². The fourth-order valence-corrected chi connectivity index (χ4v) is 2.14. The summed E-state index contributed by atoms with van der Waals surface area (Å²) in [6.45, 7) is 1.93. The second kappa shape index (κ2) is 6.84. The molecule has 1 aliphatic heterocycles. The molecule has 0 spiro atoms. The molecular weight excluding hydrogens is 286 g/mol. The lowest BCUT2D eigenvalue weighted by atomic mass is 9.94. The lowest BCUT2D eigenvalue weighted by molar-refractivity contribution is -0.142. The number of hydrazone groups is 1. The van der Waals surface area contributed by atoms with Crippen molar-refractivity contribution in [3.05, 3.63) is 29.8 Å². The van der Waals surface area contributed by atoms with Gasteiger partial charge >= 0.3 is 5.97 Å². The molecule has 0 aliphatic carbocycles. The fourth-order valence-electron chi connectivity index (χ4n) is 2.14. The van der Waals surface area contributed by atoms with E-state index in [0.717, 1.165) is 11.3 Å². The van der Waals surface area contributed by atoms with Crippen molar-refractivity contribution in [1.82, 2.24) is 5.43 Å². The lowest BCUT2D eigenvalue weighted by Crippen LogP contribution is -2.31. The second-order valence-electron chi connectivity index (χ2n) is 5.02. The largest absolute Gasteiger partial charge is 0.469 e. The summed E-state index contributed by atoms with van der Waals surface area (Å²) in [6, 6.07) is 7.05. The number of ether oxygens (including phenoxy) is 1. The van der Waals surface area contributed by atoms with E-state index in [9.17, 15) is 14.4 Å². The van der Waals surface area contributed by atoms with Crippen molar-refractivity contribution >= 4 is 29.2 Å². The van der Waals surface area contributed by atoms with Crippen LogP contribution in [0.4, 0.5) is 5.69 Å². The lowest BCUT2D eigenvalue weighted by Gasteiger charge is -2.19. The molecule has 0 bridgehead atoms. The zero-order chi connectivity index (χ0) is 16.1. The van der Waals surface area contributed by atoms with Gasteiger partial charge in [0.15, 0.2) is 0 Å². The van der Waals surface area contributed by atoms with Gasteiger partial charge in [0.2, 0.25) is 11.8 Å². The number of carbonyl (C=O) groups is 3. The minimum absolute atomic E-state index is 0.0357. The number of anilines is 1. The van der Waals surface area contributed by atoms with E-state index in [-0.39, 0.29) is 18.2 Å². The molecule has 0 aromatic heterocycles. The van der Waals surface area contributed by atoms with Crippen molar-refractivity contribution in [2.24, 2.45) is 11.0 Å². The van der Waals surface area contributed by atoms with Crippen LogP contribution in [0, 0.1) is 5.92 Å². The Morgan fingerprint density at radius 1 is 1.36 bits per heavy atom. The number of esters is 1. The van der Waals surface area contributed by atoms with E-state index >= 15 is 0 Å². The van der Waals surface area contributed by atoms with Gasteiger partial charge in [0.1, 0.15) is 6.42 Å². The Bertz CT molecular complexity index is 622. The van der Waals surface area contributed by atoms with Gasteiger partial charge in [-0.25, -0.2) is 5.43 Å². The van der Waals surface area contributed by atoms with Crippen molar-refractivity contribution in [2.45, 2.75) is 19.8 Å². The topological polar surface area (TPSA) is 96.9 Å². The molecule has 1 aliphatic rings. The van der Waals surface area contributed by atoms with Gasteiger partial charge in [0.05, 0.1) is 12.8 Å². The molecule has 116 valence electrons. The smallest absolute Gasteiger partial charge is 0.315 e. The molecule has 0 fully saturated rings. The number of nitrogens with one attached hydrogen (secondary N) is 2. The molecule has 0 saturated carbocycles. The summed E-state index contributed by atoms with van der Waals surface area (Å²) in [5.41, 5.74) is 4.71. The Labute approximate surface area is 127 Å². The number of methoxy groups -OCH3 is 1. The Hall–Kier alpha value is -2.70. The van der Waals surface area contributed by atoms with Crippen molar-refractivity contribution in [1.29, 1.82) is 0 Å². The monoisotopic (exact) mass is 303 g/mol. The van der Waals surface area contributed by atoms with E-state index in [1.165, 1.54) is 7.11 Å². The highest BCUT2D eigenvalue weighted by molar-refractivity contribution is 6.06. The first-order valence-corrected chi connectivity index (χ1v) is 6.83.